The van der Waals surface area contributed by atoms with Crippen molar-refractivity contribution in [2.75, 3.05) is 6.61 Å². The van der Waals surface area contributed by atoms with Crippen LogP contribution in [0, 0.1) is 12.8 Å². The van der Waals surface area contributed by atoms with E-state index >= 15 is 0 Å². The van der Waals surface area contributed by atoms with E-state index in [2.05, 4.69) is 18.8 Å². The van der Waals surface area contributed by atoms with Crippen molar-refractivity contribution >= 4 is 17.4 Å². The van der Waals surface area contributed by atoms with Crippen LogP contribution < -0.4 is 4.74 Å². The van der Waals surface area contributed by atoms with Crippen molar-refractivity contribution in [3.05, 3.63) is 65.0 Å². The van der Waals surface area contributed by atoms with E-state index in [0.29, 0.717) is 23.8 Å². The maximum Gasteiger partial charge on any atom is 0.295 e. The normalized spacial score (nSPS) is 21.1. The number of carbonyl (C=O) groups is 2. The number of aromatic nitrogens is 1. The number of rotatable bonds is 6. The van der Waals surface area contributed by atoms with Gasteiger partial charge in [0, 0.05) is 17.8 Å². The van der Waals surface area contributed by atoms with Crippen LogP contribution in [-0.4, -0.2) is 39.3 Å². The summed E-state index contributed by atoms with van der Waals surface area (Å²) in [5, 5.41) is 11.3. The van der Waals surface area contributed by atoms with Gasteiger partial charge >= 0.3 is 0 Å². The van der Waals surface area contributed by atoms with E-state index in [4.69, 9.17) is 4.74 Å². The van der Waals surface area contributed by atoms with Crippen LogP contribution >= 0.6 is 0 Å². The number of aryl methyl sites for hydroxylation is 1. The Balaban J connectivity index is 1.77. The van der Waals surface area contributed by atoms with Gasteiger partial charge in [0.25, 0.3) is 11.7 Å². The zero-order valence-electron chi connectivity index (χ0n) is 19.6. The number of aliphatic hydroxyl groups is 1. The minimum Gasteiger partial charge on any atom is -0.507 e. The number of pyridine rings is 1. The predicted octanol–water partition coefficient (Wildman–Crippen LogP) is 5.18. The van der Waals surface area contributed by atoms with Crippen molar-refractivity contribution in [1.82, 2.24) is 9.88 Å². The Bertz CT molecular complexity index is 1060. The maximum atomic E-state index is 13.2. The lowest BCUT2D eigenvalue weighted by atomic mass is 9.92. The van der Waals surface area contributed by atoms with Gasteiger partial charge in [-0.2, -0.15) is 0 Å². The highest BCUT2D eigenvalue weighted by Gasteiger charge is 2.49. The summed E-state index contributed by atoms with van der Waals surface area (Å²) in [7, 11) is 0. The van der Waals surface area contributed by atoms with Crippen LogP contribution in [0.1, 0.15) is 68.8 Å². The highest BCUT2D eigenvalue weighted by atomic mass is 16.5. The number of benzene rings is 1. The second kappa shape index (κ2) is 9.77. The average Bonchev–Trinajstić information content (AvgIpc) is 3.09. The summed E-state index contributed by atoms with van der Waals surface area (Å²) in [4.78, 5) is 32.5. The number of hydrogen-bond donors (Lipinski definition) is 1. The second-order valence-corrected chi connectivity index (χ2v) is 9.44. The molecule has 1 unspecified atom stereocenters. The molecule has 4 rings (SSSR count). The molecule has 1 aliphatic heterocycles. The van der Waals surface area contributed by atoms with Crippen molar-refractivity contribution in [2.45, 2.75) is 65.0 Å². The minimum absolute atomic E-state index is 0.0268. The summed E-state index contributed by atoms with van der Waals surface area (Å²) >= 11 is 0. The summed E-state index contributed by atoms with van der Waals surface area (Å²) in [6.45, 7) is 6.67. The van der Waals surface area contributed by atoms with Crippen molar-refractivity contribution in [3.63, 3.8) is 0 Å². The van der Waals surface area contributed by atoms with Crippen LogP contribution in [0.4, 0.5) is 0 Å². The third kappa shape index (κ3) is 4.65. The number of ketones is 1. The van der Waals surface area contributed by atoms with Crippen LogP contribution in [0.3, 0.4) is 0 Å². The molecular weight excluding hydrogens is 416 g/mol. The van der Waals surface area contributed by atoms with Gasteiger partial charge in [0.2, 0.25) is 0 Å². The van der Waals surface area contributed by atoms with Crippen molar-refractivity contribution in [3.8, 4) is 5.75 Å². The molecule has 1 atom stereocenters. The minimum atomic E-state index is -0.688. The lowest BCUT2D eigenvalue weighted by Crippen LogP contribution is -2.40. The smallest absolute Gasteiger partial charge is 0.295 e. The number of aliphatic hydroxyl groups excluding tert-OH is 1. The fourth-order valence-corrected chi connectivity index (χ4v) is 4.78. The Morgan fingerprint density at radius 3 is 2.55 bits per heavy atom. The molecule has 1 aromatic heterocycles. The zero-order valence-corrected chi connectivity index (χ0v) is 19.6. The molecule has 1 amide bonds. The fourth-order valence-electron chi connectivity index (χ4n) is 4.78. The number of Topliss-reactive ketones (excluding diaryl/α,β-unsaturated/α-hetero) is 1. The molecule has 2 aliphatic rings. The van der Waals surface area contributed by atoms with E-state index in [1.807, 2.05) is 19.1 Å². The van der Waals surface area contributed by atoms with Gasteiger partial charge in [0.15, 0.2) is 0 Å². The molecule has 0 spiro atoms. The lowest BCUT2D eigenvalue weighted by molar-refractivity contribution is -0.141. The molecule has 2 aromatic rings. The summed E-state index contributed by atoms with van der Waals surface area (Å²) in [5.74, 6) is -0.226. The molecule has 1 aliphatic carbocycles. The SMILES string of the molecule is Cc1cc(/C(O)=C2/C(=O)C(=O)N(C3CCCCC3)C2c2ccccn2)ccc1OCC(C)C. The Kier molecular flexibility index (Phi) is 6.82. The molecule has 174 valence electrons. The molecule has 1 saturated heterocycles. The molecule has 2 fully saturated rings. The van der Waals surface area contributed by atoms with Crippen LogP contribution in [-0.2, 0) is 9.59 Å². The summed E-state index contributed by atoms with van der Waals surface area (Å²) < 4.78 is 5.85. The molecule has 33 heavy (non-hydrogen) atoms. The number of amides is 1. The third-order valence-corrected chi connectivity index (χ3v) is 6.44. The van der Waals surface area contributed by atoms with Crippen molar-refractivity contribution in [2.24, 2.45) is 5.92 Å². The molecule has 1 saturated carbocycles. The van der Waals surface area contributed by atoms with Gasteiger partial charge in [-0.25, -0.2) is 0 Å². The summed E-state index contributed by atoms with van der Waals surface area (Å²) in [5.41, 5.74) is 2.06. The second-order valence-electron chi connectivity index (χ2n) is 9.44. The first-order valence-electron chi connectivity index (χ1n) is 11.8. The molecular formula is C27H32N2O4. The van der Waals surface area contributed by atoms with Gasteiger partial charge in [0.05, 0.1) is 17.9 Å². The molecule has 1 N–H and O–H groups in total. The number of ether oxygens (including phenoxy) is 1. The summed E-state index contributed by atoms with van der Waals surface area (Å²) in [6.07, 6.45) is 6.56. The summed E-state index contributed by atoms with van der Waals surface area (Å²) in [6, 6.07) is 10.1. The van der Waals surface area contributed by atoms with Gasteiger partial charge in [-0.3, -0.25) is 14.6 Å². The highest BCUT2D eigenvalue weighted by Crippen LogP contribution is 2.42. The quantitative estimate of drug-likeness (QED) is 0.374. The third-order valence-electron chi connectivity index (χ3n) is 6.44. The van der Waals surface area contributed by atoms with Crippen LogP contribution in [0.5, 0.6) is 5.75 Å². The Morgan fingerprint density at radius 2 is 1.91 bits per heavy atom. The van der Waals surface area contributed by atoms with E-state index in [1.54, 1.807) is 35.4 Å². The van der Waals surface area contributed by atoms with Crippen molar-refractivity contribution in [1.29, 1.82) is 0 Å². The Hall–Kier alpha value is -3.15. The molecule has 6 heteroatoms. The van der Waals surface area contributed by atoms with Crippen LogP contribution in [0.15, 0.2) is 48.2 Å². The topological polar surface area (TPSA) is 79.7 Å². The molecule has 2 heterocycles. The number of hydrogen-bond acceptors (Lipinski definition) is 5. The van der Waals surface area contributed by atoms with Crippen LogP contribution in [0.25, 0.3) is 5.76 Å². The van der Waals surface area contributed by atoms with Gasteiger partial charge in [0.1, 0.15) is 17.6 Å². The monoisotopic (exact) mass is 448 g/mol. The predicted molar refractivity (Wildman–Crippen MR) is 127 cm³/mol. The number of likely N-dealkylation sites (tertiary alicyclic amines) is 1. The number of carbonyl (C=O) groups excluding carboxylic acids is 2. The standard InChI is InChI=1S/C27H32N2O4/c1-17(2)16-33-22-13-12-19(15-18(22)3)25(30)23-24(21-11-7-8-14-28-21)29(27(32)26(23)31)20-9-5-4-6-10-20/h7-8,11-15,17,20,24,30H,4-6,9-10,16H2,1-3H3/b25-23-. The molecule has 0 bridgehead atoms. The first-order valence-corrected chi connectivity index (χ1v) is 11.8. The molecule has 6 nitrogen and oxygen atoms in total. The first-order chi connectivity index (χ1) is 15.9. The Labute approximate surface area is 195 Å². The maximum absolute atomic E-state index is 13.2. The van der Waals surface area contributed by atoms with Crippen molar-refractivity contribution < 1.29 is 19.4 Å². The number of nitrogens with zero attached hydrogens (tertiary/aromatic N) is 2. The van der Waals surface area contributed by atoms with E-state index in [9.17, 15) is 14.7 Å². The highest BCUT2D eigenvalue weighted by molar-refractivity contribution is 6.46. The molecule has 0 radical (unpaired) electrons. The fraction of sp³-hybridized carbons (Fsp3) is 0.444. The van der Waals surface area contributed by atoms with E-state index in [-0.39, 0.29) is 17.4 Å². The zero-order chi connectivity index (χ0) is 23.5. The van der Waals surface area contributed by atoms with Gasteiger partial charge < -0.3 is 14.7 Å². The largest absolute Gasteiger partial charge is 0.507 e. The van der Waals surface area contributed by atoms with E-state index in [1.165, 1.54) is 0 Å². The first kappa shape index (κ1) is 23.0. The average molecular weight is 449 g/mol. The van der Waals surface area contributed by atoms with Gasteiger partial charge in [-0.15, -0.1) is 0 Å². The van der Waals surface area contributed by atoms with E-state index < -0.39 is 17.7 Å². The Morgan fingerprint density at radius 1 is 1.15 bits per heavy atom. The van der Waals surface area contributed by atoms with E-state index in [0.717, 1.165) is 43.4 Å². The van der Waals surface area contributed by atoms with Crippen LogP contribution in [0.2, 0.25) is 0 Å². The van der Waals surface area contributed by atoms with Gasteiger partial charge in [-0.05, 0) is 61.6 Å². The molecule has 1 aromatic carbocycles. The lowest BCUT2D eigenvalue weighted by Gasteiger charge is -2.35. The van der Waals surface area contributed by atoms with Gasteiger partial charge in [-0.1, -0.05) is 39.2 Å².